The lowest BCUT2D eigenvalue weighted by atomic mass is 9.62. The van der Waals surface area contributed by atoms with Crippen LogP contribution in [0.3, 0.4) is 0 Å². The van der Waals surface area contributed by atoms with Gasteiger partial charge in [0.25, 0.3) is 0 Å². The normalized spacial score (nSPS) is 27.3. The fraction of sp³-hybridized carbons (Fsp3) is 0.417. The van der Waals surface area contributed by atoms with Crippen LogP contribution in [-0.2, 0) is 15.0 Å². The van der Waals surface area contributed by atoms with Crippen molar-refractivity contribution in [3.63, 3.8) is 0 Å². The first-order valence-corrected chi connectivity index (χ1v) is 11.2. The zero-order valence-corrected chi connectivity index (χ0v) is 19.6. The molecule has 31 heavy (non-hydrogen) atoms. The molecule has 2 amide bonds. The van der Waals surface area contributed by atoms with Crippen molar-refractivity contribution in [1.82, 2.24) is 10.6 Å². The van der Waals surface area contributed by atoms with Crippen LogP contribution in [0.5, 0.6) is 0 Å². The molecule has 3 N–H and O–H groups in total. The molecular weight excluding hydrogens is 433 g/mol. The standard InChI is InChI=1S/C24H27Cl2N3O2/c1-23(2,3)12-18-24(16-9-8-15(26)11-17(16)28-22(24)31)19(20(29-18)21(30)27-4)13-6-5-7-14(25)10-13/h5-11,18-20,29H,12H2,1-4H3,(H,27,30)(H,28,31)/t18-,19-,20+,24+/m0/s1. The van der Waals surface area contributed by atoms with Gasteiger partial charge >= 0.3 is 0 Å². The molecule has 0 radical (unpaired) electrons. The Morgan fingerprint density at radius 2 is 1.84 bits per heavy atom. The van der Waals surface area contributed by atoms with Gasteiger partial charge in [0, 0.05) is 34.7 Å². The summed E-state index contributed by atoms with van der Waals surface area (Å²) >= 11 is 12.6. The molecule has 2 aliphatic heterocycles. The highest BCUT2D eigenvalue weighted by Crippen LogP contribution is 2.56. The molecule has 0 aliphatic carbocycles. The summed E-state index contributed by atoms with van der Waals surface area (Å²) in [6.07, 6.45) is 0.701. The summed E-state index contributed by atoms with van der Waals surface area (Å²) in [7, 11) is 1.62. The van der Waals surface area contributed by atoms with E-state index in [2.05, 4.69) is 36.7 Å². The summed E-state index contributed by atoms with van der Waals surface area (Å²) in [5, 5.41) is 10.5. The van der Waals surface area contributed by atoms with Gasteiger partial charge in [0.1, 0.15) is 5.41 Å². The molecule has 2 heterocycles. The monoisotopic (exact) mass is 459 g/mol. The topological polar surface area (TPSA) is 70.2 Å². The minimum atomic E-state index is -0.977. The van der Waals surface area contributed by atoms with Gasteiger partial charge in [-0.2, -0.15) is 0 Å². The van der Waals surface area contributed by atoms with Gasteiger partial charge in [0.05, 0.1) is 6.04 Å². The largest absolute Gasteiger partial charge is 0.358 e. The predicted molar refractivity (Wildman–Crippen MR) is 125 cm³/mol. The van der Waals surface area contributed by atoms with Crippen LogP contribution in [0.15, 0.2) is 42.5 Å². The third-order valence-electron chi connectivity index (χ3n) is 6.36. The highest BCUT2D eigenvalue weighted by Gasteiger charge is 2.65. The Labute approximate surface area is 192 Å². The minimum Gasteiger partial charge on any atom is -0.358 e. The SMILES string of the molecule is CNC(=O)[C@@H]1N[C@@H](CC(C)(C)C)[C@@]2(C(=O)Nc3cc(Cl)ccc32)[C@H]1c1cccc(Cl)c1. The third kappa shape index (κ3) is 3.63. The molecule has 1 saturated heterocycles. The van der Waals surface area contributed by atoms with Gasteiger partial charge in [0.15, 0.2) is 0 Å². The Balaban J connectivity index is 2.00. The molecule has 4 rings (SSSR count). The van der Waals surface area contributed by atoms with Crippen molar-refractivity contribution in [2.24, 2.45) is 5.41 Å². The van der Waals surface area contributed by atoms with Crippen LogP contribution in [0, 0.1) is 5.41 Å². The van der Waals surface area contributed by atoms with E-state index in [4.69, 9.17) is 23.2 Å². The number of carbonyl (C=O) groups is 2. The first-order chi connectivity index (χ1) is 14.6. The maximum absolute atomic E-state index is 13.8. The van der Waals surface area contributed by atoms with Crippen LogP contribution in [0.1, 0.15) is 44.2 Å². The first-order valence-electron chi connectivity index (χ1n) is 10.4. The number of rotatable bonds is 3. The molecule has 2 aromatic carbocycles. The van der Waals surface area contributed by atoms with Gasteiger partial charge in [-0.1, -0.05) is 62.2 Å². The van der Waals surface area contributed by atoms with Crippen molar-refractivity contribution in [3.8, 4) is 0 Å². The van der Waals surface area contributed by atoms with E-state index in [9.17, 15) is 9.59 Å². The smallest absolute Gasteiger partial charge is 0.237 e. The molecule has 2 aliphatic rings. The maximum Gasteiger partial charge on any atom is 0.237 e. The summed E-state index contributed by atoms with van der Waals surface area (Å²) < 4.78 is 0. The van der Waals surface area contributed by atoms with Crippen LogP contribution in [0.4, 0.5) is 5.69 Å². The highest BCUT2D eigenvalue weighted by atomic mass is 35.5. The van der Waals surface area contributed by atoms with Crippen molar-refractivity contribution < 1.29 is 9.59 Å². The number of carbonyl (C=O) groups excluding carboxylic acids is 2. The van der Waals surface area contributed by atoms with E-state index < -0.39 is 17.4 Å². The van der Waals surface area contributed by atoms with Gasteiger partial charge in [-0.3, -0.25) is 9.59 Å². The van der Waals surface area contributed by atoms with Gasteiger partial charge in [-0.15, -0.1) is 0 Å². The predicted octanol–water partition coefficient (Wildman–Crippen LogP) is 4.49. The summed E-state index contributed by atoms with van der Waals surface area (Å²) in [4.78, 5) is 26.9. The van der Waals surface area contributed by atoms with Crippen molar-refractivity contribution in [3.05, 3.63) is 63.6 Å². The maximum atomic E-state index is 13.8. The van der Waals surface area contributed by atoms with E-state index in [-0.39, 0.29) is 23.3 Å². The molecule has 7 heteroatoms. The number of likely N-dealkylation sites (N-methyl/N-ethyl adjacent to an activating group) is 1. The Bertz CT molecular complexity index is 1050. The minimum absolute atomic E-state index is 0.0728. The summed E-state index contributed by atoms with van der Waals surface area (Å²) in [6.45, 7) is 6.42. The Hall–Kier alpha value is -2.08. The van der Waals surface area contributed by atoms with E-state index in [1.807, 2.05) is 24.3 Å². The van der Waals surface area contributed by atoms with Crippen molar-refractivity contribution in [2.75, 3.05) is 12.4 Å². The lowest BCUT2D eigenvalue weighted by molar-refractivity contribution is -0.123. The van der Waals surface area contributed by atoms with Gasteiger partial charge < -0.3 is 16.0 Å². The van der Waals surface area contributed by atoms with Gasteiger partial charge in [-0.25, -0.2) is 0 Å². The first kappa shape index (κ1) is 22.1. The van der Waals surface area contributed by atoms with Crippen molar-refractivity contribution >= 4 is 40.7 Å². The highest BCUT2D eigenvalue weighted by molar-refractivity contribution is 6.31. The molecule has 5 nitrogen and oxygen atoms in total. The quantitative estimate of drug-likeness (QED) is 0.632. The molecule has 1 spiro atoms. The van der Waals surface area contributed by atoms with Crippen LogP contribution < -0.4 is 16.0 Å². The number of nitrogens with one attached hydrogen (secondary N) is 3. The number of hydrogen-bond acceptors (Lipinski definition) is 3. The molecule has 0 saturated carbocycles. The zero-order chi connectivity index (χ0) is 22.6. The van der Waals surface area contributed by atoms with Gasteiger partial charge in [-0.05, 0) is 47.2 Å². The molecule has 2 aromatic rings. The average molecular weight is 460 g/mol. The molecule has 0 unspecified atom stereocenters. The van der Waals surface area contributed by atoms with Crippen LogP contribution in [-0.4, -0.2) is 30.9 Å². The number of benzene rings is 2. The molecule has 164 valence electrons. The molecule has 4 atom stereocenters. The number of anilines is 1. The van der Waals surface area contributed by atoms with Crippen molar-refractivity contribution in [1.29, 1.82) is 0 Å². The lowest BCUT2D eigenvalue weighted by Crippen LogP contribution is -2.49. The van der Waals surface area contributed by atoms with E-state index in [1.54, 1.807) is 25.2 Å². The van der Waals surface area contributed by atoms with Crippen LogP contribution in [0.25, 0.3) is 0 Å². The summed E-state index contributed by atoms with van der Waals surface area (Å²) in [5.41, 5.74) is 1.36. The third-order valence-corrected chi connectivity index (χ3v) is 6.83. The Kier molecular flexibility index (Phi) is 5.57. The Morgan fingerprint density at radius 3 is 2.48 bits per heavy atom. The zero-order valence-electron chi connectivity index (χ0n) is 18.1. The van der Waals surface area contributed by atoms with E-state index >= 15 is 0 Å². The van der Waals surface area contributed by atoms with E-state index in [0.717, 1.165) is 11.1 Å². The fourth-order valence-corrected chi connectivity index (χ4v) is 5.65. The molecule has 0 bridgehead atoms. The van der Waals surface area contributed by atoms with Crippen LogP contribution >= 0.6 is 23.2 Å². The fourth-order valence-electron chi connectivity index (χ4n) is 5.28. The molecular formula is C24H27Cl2N3O2. The number of halogens is 2. The second kappa shape index (κ2) is 7.80. The second-order valence-corrected chi connectivity index (χ2v) is 10.5. The van der Waals surface area contributed by atoms with E-state index in [1.165, 1.54) is 0 Å². The summed E-state index contributed by atoms with van der Waals surface area (Å²) in [5.74, 6) is -0.722. The average Bonchev–Trinajstić information content (AvgIpc) is 3.15. The van der Waals surface area contributed by atoms with Crippen LogP contribution in [0.2, 0.25) is 10.0 Å². The second-order valence-electron chi connectivity index (χ2n) is 9.62. The summed E-state index contributed by atoms with van der Waals surface area (Å²) in [6, 6.07) is 12.1. The lowest BCUT2D eigenvalue weighted by Gasteiger charge is -2.37. The number of hydrogen-bond donors (Lipinski definition) is 3. The molecule has 1 fully saturated rings. The van der Waals surface area contributed by atoms with Gasteiger partial charge in [0.2, 0.25) is 11.8 Å². The Morgan fingerprint density at radius 1 is 1.13 bits per heavy atom. The number of amides is 2. The number of fused-ring (bicyclic) bond motifs is 2. The van der Waals surface area contributed by atoms with Crippen molar-refractivity contribution in [2.45, 2.75) is 50.6 Å². The molecule has 0 aromatic heterocycles. The van der Waals surface area contributed by atoms with E-state index in [0.29, 0.717) is 22.2 Å².